The van der Waals surface area contributed by atoms with Crippen LogP contribution in [0, 0.1) is 0 Å². The second-order valence-electron chi connectivity index (χ2n) is 8.10. The van der Waals surface area contributed by atoms with Gasteiger partial charge in [0.2, 0.25) is 0 Å². The highest BCUT2D eigenvalue weighted by molar-refractivity contribution is 8.06. The summed E-state index contributed by atoms with van der Waals surface area (Å²) in [6.07, 6.45) is 3.28. The topological polar surface area (TPSA) is 217 Å². The number of fused-ring (bicyclic) bond motifs is 1. The van der Waals surface area contributed by atoms with Crippen molar-refractivity contribution in [3.8, 4) is 0 Å². The molecule has 3 atom stereocenters. The van der Waals surface area contributed by atoms with E-state index in [2.05, 4.69) is 20.4 Å². The summed E-state index contributed by atoms with van der Waals surface area (Å²) in [5, 5.41) is 33.3. The van der Waals surface area contributed by atoms with Gasteiger partial charge in [0.1, 0.15) is 27.1 Å². The van der Waals surface area contributed by atoms with E-state index in [4.69, 9.17) is 28.2 Å². The van der Waals surface area contributed by atoms with Crippen molar-refractivity contribution < 1.29 is 29.8 Å². The first-order valence-electron chi connectivity index (χ1n) is 11.1. The lowest BCUT2D eigenvalue weighted by molar-refractivity contribution is -0.150. The quantitative estimate of drug-likeness (QED) is 0.0883. The molecular weight excluding hydrogens is 610 g/mol. The van der Waals surface area contributed by atoms with Crippen LogP contribution in [0.2, 0.25) is 4.34 Å². The van der Waals surface area contributed by atoms with Crippen LogP contribution in [0.3, 0.4) is 0 Å². The first-order valence-corrected chi connectivity index (χ1v) is 15.3. The summed E-state index contributed by atoms with van der Waals surface area (Å²) >= 11 is 10.9. The van der Waals surface area contributed by atoms with Crippen LogP contribution in [0.25, 0.3) is 0 Å². The van der Waals surface area contributed by atoms with Gasteiger partial charge in [-0.3, -0.25) is 19.5 Å². The largest absolute Gasteiger partial charge is 0.477 e. The number of carbonyl (C=O) groups excluding carboxylic acids is 2. The van der Waals surface area contributed by atoms with E-state index >= 15 is 0 Å². The molecule has 0 saturated carbocycles. The van der Waals surface area contributed by atoms with Crippen molar-refractivity contribution in [1.82, 2.24) is 20.2 Å². The highest BCUT2D eigenvalue weighted by Crippen LogP contribution is 2.46. The van der Waals surface area contributed by atoms with E-state index < -0.39 is 34.9 Å². The molecule has 208 valence electrons. The normalized spacial score (nSPS) is 19.9. The number of hydrogen-bond donors (Lipinski definition) is 6. The van der Waals surface area contributed by atoms with Crippen LogP contribution in [0.15, 0.2) is 39.1 Å². The molecule has 0 spiro atoms. The van der Waals surface area contributed by atoms with Crippen LogP contribution >= 0.6 is 58.2 Å². The average molecular weight is 632 g/mol. The number of carboxylic acid groups (broad SMARTS) is 1. The number of aliphatic hydroxyl groups is 1. The number of thioether (sulfide) groups is 3. The predicted octanol–water partition coefficient (Wildman–Crippen LogP) is 0.993. The number of aromatic nitrogens is 2. The fraction of sp³-hybridized carbons (Fsp3) is 0.333. The van der Waals surface area contributed by atoms with Gasteiger partial charge in [0.15, 0.2) is 10.8 Å². The number of thiazole rings is 1. The van der Waals surface area contributed by atoms with Crippen molar-refractivity contribution in [3.05, 3.63) is 44.7 Å². The molecule has 4 rings (SSSR count). The van der Waals surface area contributed by atoms with Gasteiger partial charge < -0.3 is 32.2 Å². The van der Waals surface area contributed by atoms with Gasteiger partial charge in [-0.05, 0) is 11.6 Å². The van der Waals surface area contributed by atoms with Gasteiger partial charge in [-0.25, -0.2) is 9.78 Å². The van der Waals surface area contributed by atoms with Crippen molar-refractivity contribution in [3.63, 3.8) is 0 Å². The number of amides is 2. The van der Waals surface area contributed by atoms with Crippen molar-refractivity contribution in [2.24, 2.45) is 10.9 Å². The number of carbonyl (C=O) groups is 3. The van der Waals surface area contributed by atoms with Crippen molar-refractivity contribution in [1.29, 1.82) is 0 Å². The molecule has 18 heteroatoms. The van der Waals surface area contributed by atoms with Gasteiger partial charge in [-0.2, -0.15) is 11.8 Å². The molecule has 0 aromatic carbocycles. The number of oxime groups is 1. The van der Waals surface area contributed by atoms with Gasteiger partial charge in [-0.15, -0.1) is 11.8 Å². The minimum atomic E-state index is -1.28. The third-order valence-electron chi connectivity index (χ3n) is 5.48. The number of pyridine rings is 1. The maximum Gasteiger partial charge on any atom is 0.353 e. The third kappa shape index (κ3) is 6.29. The molecule has 1 saturated heterocycles. The van der Waals surface area contributed by atoms with E-state index in [0.29, 0.717) is 16.4 Å². The number of rotatable bonds is 11. The number of aliphatic carboxylic acids is 1. The summed E-state index contributed by atoms with van der Waals surface area (Å²) in [6, 6.07) is 0.361. The molecule has 39 heavy (non-hydrogen) atoms. The number of hydrogen-bond acceptors (Lipinski definition) is 14. The zero-order valence-electron chi connectivity index (χ0n) is 19.8. The second-order valence-corrected chi connectivity index (χ2v) is 13.0. The van der Waals surface area contributed by atoms with Crippen molar-refractivity contribution >= 4 is 86.9 Å². The monoisotopic (exact) mass is 631 g/mol. The molecule has 2 aromatic rings. The Kier molecular flexibility index (Phi) is 9.63. The maximum absolute atomic E-state index is 13.0. The number of anilines is 1. The number of nitrogens with one attached hydrogen (secondary N) is 1. The highest BCUT2D eigenvalue weighted by atomic mass is 35.5. The zero-order chi connectivity index (χ0) is 28.3. The Morgan fingerprint density at radius 1 is 1.41 bits per heavy atom. The molecule has 2 aliphatic rings. The number of β-lactam (4-membered cyclic amide) rings is 1. The summed E-state index contributed by atoms with van der Waals surface area (Å²) in [5.74, 6) is -1.45. The molecule has 1 fully saturated rings. The van der Waals surface area contributed by atoms with Crippen LogP contribution in [-0.2, 0) is 20.1 Å². The van der Waals surface area contributed by atoms with E-state index in [0.717, 1.165) is 26.7 Å². The molecular formula is C21H22ClN7O6S4. The minimum absolute atomic E-state index is 0.0342. The highest BCUT2D eigenvalue weighted by Gasteiger charge is 2.54. The molecule has 2 aliphatic heterocycles. The molecule has 0 bridgehead atoms. The predicted molar refractivity (Wildman–Crippen MR) is 151 cm³/mol. The molecule has 2 amide bonds. The Labute approximate surface area is 243 Å². The van der Waals surface area contributed by atoms with Crippen LogP contribution in [0.1, 0.15) is 11.3 Å². The van der Waals surface area contributed by atoms with Crippen LogP contribution in [0.4, 0.5) is 5.13 Å². The van der Waals surface area contributed by atoms with Crippen molar-refractivity contribution in [2.75, 3.05) is 23.8 Å². The van der Waals surface area contributed by atoms with E-state index in [9.17, 15) is 24.7 Å². The molecule has 13 nitrogen and oxygen atoms in total. The Balaban J connectivity index is 1.50. The molecule has 0 unspecified atom stereocenters. The standard InChI is InChI=1S/C21H22ClN7O6S4/c22-16-12(27-21(24)39-16)13(28-35)17(31)26-14-18(32)29-15(20(33)34)11(7-37-19(14)29)38-10-1-2-25-3-8(10)5-36-6-9(23)4-30/h1-3,9,14,19,30,35H,4-7,23H2,(H2,24,27)(H,26,31)(H,33,34)/b28-13+/t9-,14-,19-/m1/s1. The average Bonchev–Trinajstić information content (AvgIpc) is 3.25. The minimum Gasteiger partial charge on any atom is -0.477 e. The summed E-state index contributed by atoms with van der Waals surface area (Å²) in [4.78, 5) is 48.5. The number of nitrogens with zero attached hydrogens (tertiary/aromatic N) is 4. The van der Waals surface area contributed by atoms with E-state index in [-0.39, 0.29) is 39.3 Å². The van der Waals surface area contributed by atoms with Gasteiger partial charge in [0, 0.05) is 45.5 Å². The Morgan fingerprint density at radius 2 is 2.18 bits per heavy atom. The summed E-state index contributed by atoms with van der Waals surface area (Å²) in [5.41, 5.74) is 11.4. The third-order valence-corrected chi connectivity index (χ3v) is 10.4. The van der Waals surface area contributed by atoms with Gasteiger partial charge in [-0.1, -0.05) is 39.9 Å². The Bertz CT molecular complexity index is 1360. The summed E-state index contributed by atoms with van der Waals surface area (Å²) < 4.78 is 0.0342. The zero-order valence-corrected chi connectivity index (χ0v) is 23.8. The van der Waals surface area contributed by atoms with E-state index in [1.807, 2.05) is 0 Å². The lowest BCUT2D eigenvalue weighted by Gasteiger charge is -2.49. The van der Waals surface area contributed by atoms with Gasteiger partial charge >= 0.3 is 5.97 Å². The molecule has 2 aromatic heterocycles. The van der Waals surface area contributed by atoms with Gasteiger partial charge in [0.25, 0.3) is 11.8 Å². The Morgan fingerprint density at radius 3 is 2.82 bits per heavy atom. The molecule has 4 heterocycles. The number of aliphatic hydroxyl groups excluding tert-OH is 1. The SMILES string of the molecule is Nc1nc(/C(=N\O)C(=O)N[C@@H]2C(=O)N3C(C(=O)O)=C(Sc4ccncc4CSC[C@H](N)CO)CS[C@H]23)c(Cl)s1. The smallest absolute Gasteiger partial charge is 0.353 e. The number of nitrogens with two attached hydrogens (primary N) is 2. The lowest BCUT2D eigenvalue weighted by atomic mass is 10.0. The maximum atomic E-state index is 13.0. The van der Waals surface area contributed by atoms with Crippen LogP contribution in [-0.4, -0.2) is 89.4 Å². The summed E-state index contributed by atoms with van der Waals surface area (Å²) in [6.45, 7) is -0.123. The van der Waals surface area contributed by atoms with Gasteiger partial charge in [0.05, 0.1) is 6.61 Å². The molecule has 0 aliphatic carbocycles. The van der Waals surface area contributed by atoms with E-state index in [1.54, 1.807) is 18.5 Å². The first-order chi connectivity index (χ1) is 18.7. The lowest BCUT2D eigenvalue weighted by Crippen LogP contribution is -2.71. The summed E-state index contributed by atoms with van der Waals surface area (Å²) in [7, 11) is 0. The first kappa shape index (κ1) is 29.4. The second kappa shape index (κ2) is 12.8. The molecule has 0 radical (unpaired) electrons. The van der Waals surface area contributed by atoms with Crippen LogP contribution in [0.5, 0.6) is 0 Å². The fourth-order valence-electron chi connectivity index (χ4n) is 3.67. The number of halogens is 1. The number of carboxylic acids is 1. The fourth-order valence-corrected chi connectivity index (χ4v) is 8.23. The van der Waals surface area contributed by atoms with E-state index in [1.165, 1.54) is 35.3 Å². The van der Waals surface area contributed by atoms with Crippen LogP contribution < -0.4 is 16.8 Å². The Hall–Kier alpha value is -2.54. The molecule has 8 N–H and O–H groups in total. The number of nitrogen functional groups attached to an aromatic ring is 1. The van der Waals surface area contributed by atoms with Crippen molar-refractivity contribution in [2.45, 2.75) is 28.1 Å².